The molecule has 0 spiro atoms. The summed E-state index contributed by atoms with van der Waals surface area (Å²) in [6.07, 6.45) is 0. The predicted octanol–water partition coefficient (Wildman–Crippen LogP) is 3.39. The van der Waals surface area contributed by atoms with Crippen molar-refractivity contribution in [3.05, 3.63) is 52.4 Å². The molecule has 5 heteroatoms. The smallest absolute Gasteiger partial charge is 0.242 e. The van der Waals surface area contributed by atoms with Crippen molar-refractivity contribution in [3.8, 4) is 6.07 Å². The molecule has 0 aliphatic heterocycles. The average molecular weight is 313 g/mol. The highest BCUT2D eigenvalue weighted by molar-refractivity contribution is 7.14. The summed E-state index contributed by atoms with van der Waals surface area (Å²) in [6.45, 7) is 4.62. The molecule has 114 valence electrons. The van der Waals surface area contributed by atoms with Crippen LogP contribution in [0.3, 0.4) is 0 Å². The van der Waals surface area contributed by atoms with Gasteiger partial charge in [-0.15, -0.1) is 11.3 Å². The van der Waals surface area contributed by atoms with E-state index in [1.54, 1.807) is 11.4 Å². The van der Waals surface area contributed by atoms with E-state index in [-0.39, 0.29) is 11.9 Å². The lowest BCUT2D eigenvalue weighted by Crippen LogP contribution is -2.39. The van der Waals surface area contributed by atoms with E-state index in [4.69, 9.17) is 5.26 Å². The number of nitrogens with one attached hydrogen (secondary N) is 1. The number of hydrogen-bond acceptors (Lipinski definition) is 4. The molecule has 0 aliphatic carbocycles. The van der Waals surface area contributed by atoms with Gasteiger partial charge in [0.2, 0.25) is 5.91 Å². The summed E-state index contributed by atoms with van der Waals surface area (Å²) in [4.78, 5) is 14.3. The van der Waals surface area contributed by atoms with E-state index < -0.39 is 0 Å². The molecule has 0 saturated heterocycles. The molecule has 0 radical (unpaired) electrons. The molecule has 1 atom stereocenters. The van der Waals surface area contributed by atoms with Gasteiger partial charge in [0.25, 0.3) is 0 Å². The SMILES string of the molecule is Cc1ccc(CN(C)[C@H](C)C(=O)Nc2sccc2C#N)cc1. The Bertz CT molecular complexity index is 685. The van der Waals surface area contributed by atoms with Gasteiger partial charge in [-0.3, -0.25) is 9.69 Å². The van der Waals surface area contributed by atoms with E-state index in [2.05, 4.69) is 42.6 Å². The first kappa shape index (κ1) is 16.2. The van der Waals surface area contributed by atoms with Gasteiger partial charge in [-0.1, -0.05) is 29.8 Å². The van der Waals surface area contributed by atoms with Crippen LogP contribution in [0.15, 0.2) is 35.7 Å². The Kier molecular flexibility index (Phi) is 5.31. The minimum Gasteiger partial charge on any atom is -0.315 e. The molecule has 0 unspecified atom stereocenters. The number of likely N-dealkylation sites (N-methyl/N-ethyl adjacent to an activating group) is 1. The Hall–Kier alpha value is -2.16. The van der Waals surface area contributed by atoms with Crippen LogP contribution in [0.4, 0.5) is 5.00 Å². The zero-order valence-electron chi connectivity index (χ0n) is 13.0. The van der Waals surface area contributed by atoms with E-state index >= 15 is 0 Å². The Morgan fingerprint density at radius 3 is 2.68 bits per heavy atom. The van der Waals surface area contributed by atoms with Gasteiger partial charge in [0, 0.05) is 6.54 Å². The van der Waals surface area contributed by atoms with Gasteiger partial charge in [0.1, 0.15) is 11.1 Å². The summed E-state index contributed by atoms with van der Waals surface area (Å²) in [6, 6.07) is 11.8. The summed E-state index contributed by atoms with van der Waals surface area (Å²) in [5.41, 5.74) is 2.90. The maximum absolute atomic E-state index is 12.3. The highest BCUT2D eigenvalue weighted by Crippen LogP contribution is 2.22. The van der Waals surface area contributed by atoms with Gasteiger partial charge in [-0.05, 0) is 37.9 Å². The van der Waals surface area contributed by atoms with Gasteiger partial charge in [0.15, 0.2) is 0 Å². The number of nitrogens with zero attached hydrogens (tertiary/aromatic N) is 2. The second kappa shape index (κ2) is 7.21. The number of rotatable bonds is 5. The van der Waals surface area contributed by atoms with Crippen molar-refractivity contribution in [2.24, 2.45) is 0 Å². The molecule has 0 bridgehead atoms. The van der Waals surface area contributed by atoms with Gasteiger partial charge in [0.05, 0.1) is 11.6 Å². The standard InChI is InChI=1S/C17H19N3OS/c1-12-4-6-14(7-5-12)11-20(3)13(2)16(21)19-17-15(10-18)8-9-22-17/h4-9,13H,11H2,1-3H3,(H,19,21)/t13-/m1/s1. The molecule has 1 aromatic carbocycles. The number of anilines is 1. The first-order valence-corrected chi connectivity index (χ1v) is 7.93. The summed E-state index contributed by atoms with van der Waals surface area (Å²) in [7, 11) is 1.92. The Morgan fingerprint density at radius 2 is 2.05 bits per heavy atom. The summed E-state index contributed by atoms with van der Waals surface area (Å²) < 4.78 is 0. The van der Waals surface area contributed by atoms with Crippen LogP contribution >= 0.6 is 11.3 Å². The normalized spacial score (nSPS) is 12.0. The van der Waals surface area contributed by atoms with Crippen molar-refractivity contribution < 1.29 is 4.79 Å². The zero-order valence-corrected chi connectivity index (χ0v) is 13.8. The molecule has 0 aliphatic rings. The molecule has 1 amide bonds. The lowest BCUT2D eigenvalue weighted by molar-refractivity contribution is -0.120. The molecule has 2 rings (SSSR count). The van der Waals surface area contributed by atoms with Crippen LogP contribution in [0, 0.1) is 18.3 Å². The van der Waals surface area contributed by atoms with Crippen LogP contribution in [0.1, 0.15) is 23.6 Å². The number of nitriles is 1. The second-order valence-corrected chi connectivity index (χ2v) is 6.26. The number of carbonyl (C=O) groups excluding carboxylic acids is 1. The Balaban J connectivity index is 1.97. The zero-order chi connectivity index (χ0) is 16.1. The monoisotopic (exact) mass is 313 g/mol. The lowest BCUT2D eigenvalue weighted by Gasteiger charge is -2.23. The third-order valence-corrected chi connectivity index (χ3v) is 4.45. The fourth-order valence-electron chi connectivity index (χ4n) is 2.03. The molecule has 0 fully saturated rings. The Morgan fingerprint density at radius 1 is 1.36 bits per heavy atom. The maximum atomic E-state index is 12.3. The minimum absolute atomic E-state index is 0.103. The van der Waals surface area contributed by atoms with Crippen LogP contribution in [-0.4, -0.2) is 23.9 Å². The fraction of sp³-hybridized carbons (Fsp3) is 0.294. The number of carbonyl (C=O) groups is 1. The van der Waals surface area contributed by atoms with Crippen LogP contribution in [0.5, 0.6) is 0 Å². The highest BCUT2D eigenvalue weighted by atomic mass is 32.1. The van der Waals surface area contributed by atoms with Crippen molar-refractivity contribution in [3.63, 3.8) is 0 Å². The van der Waals surface area contributed by atoms with Crippen molar-refractivity contribution in [1.82, 2.24) is 4.90 Å². The minimum atomic E-state index is -0.282. The van der Waals surface area contributed by atoms with E-state index in [1.165, 1.54) is 22.5 Å². The molecular formula is C17H19N3OS. The van der Waals surface area contributed by atoms with Crippen molar-refractivity contribution in [2.45, 2.75) is 26.4 Å². The fourth-order valence-corrected chi connectivity index (χ4v) is 2.77. The molecular weight excluding hydrogens is 294 g/mol. The predicted molar refractivity (Wildman–Crippen MR) is 89.8 cm³/mol. The molecule has 22 heavy (non-hydrogen) atoms. The molecule has 2 aromatic rings. The van der Waals surface area contributed by atoms with Crippen LogP contribution in [-0.2, 0) is 11.3 Å². The van der Waals surface area contributed by atoms with Crippen LogP contribution in [0.2, 0.25) is 0 Å². The Labute approximate surface area is 135 Å². The van der Waals surface area contributed by atoms with Crippen molar-refractivity contribution in [1.29, 1.82) is 5.26 Å². The third kappa shape index (κ3) is 3.94. The van der Waals surface area contributed by atoms with Crippen molar-refractivity contribution >= 4 is 22.2 Å². The van der Waals surface area contributed by atoms with Gasteiger partial charge < -0.3 is 5.32 Å². The number of aryl methyl sites for hydroxylation is 1. The van der Waals surface area contributed by atoms with E-state index in [0.29, 0.717) is 17.1 Å². The first-order chi connectivity index (χ1) is 10.5. The molecule has 1 heterocycles. The van der Waals surface area contributed by atoms with E-state index in [0.717, 1.165) is 0 Å². The number of thiophene rings is 1. The summed E-state index contributed by atoms with van der Waals surface area (Å²) in [5, 5.41) is 14.2. The molecule has 1 aromatic heterocycles. The number of benzene rings is 1. The van der Waals surface area contributed by atoms with Gasteiger partial charge >= 0.3 is 0 Å². The summed E-state index contributed by atoms with van der Waals surface area (Å²) in [5.74, 6) is -0.103. The molecule has 0 saturated carbocycles. The summed E-state index contributed by atoms with van der Waals surface area (Å²) >= 11 is 1.36. The van der Waals surface area contributed by atoms with E-state index in [9.17, 15) is 4.79 Å². The number of hydrogen-bond donors (Lipinski definition) is 1. The topological polar surface area (TPSA) is 56.1 Å². The quantitative estimate of drug-likeness (QED) is 0.920. The highest BCUT2D eigenvalue weighted by Gasteiger charge is 2.19. The number of amides is 1. The average Bonchev–Trinajstić information content (AvgIpc) is 2.95. The third-order valence-electron chi connectivity index (χ3n) is 3.62. The second-order valence-electron chi connectivity index (χ2n) is 5.34. The van der Waals surface area contributed by atoms with Crippen LogP contribution in [0.25, 0.3) is 0 Å². The van der Waals surface area contributed by atoms with Crippen molar-refractivity contribution in [2.75, 3.05) is 12.4 Å². The first-order valence-electron chi connectivity index (χ1n) is 7.05. The molecule has 4 nitrogen and oxygen atoms in total. The maximum Gasteiger partial charge on any atom is 0.242 e. The van der Waals surface area contributed by atoms with E-state index in [1.807, 2.05) is 18.9 Å². The largest absolute Gasteiger partial charge is 0.315 e. The van der Waals surface area contributed by atoms with Gasteiger partial charge in [-0.25, -0.2) is 0 Å². The lowest BCUT2D eigenvalue weighted by atomic mass is 10.1. The van der Waals surface area contributed by atoms with Crippen LogP contribution < -0.4 is 5.32 Å². The van der Waals surface area contributed by atoms with Gasteiger partial charge in [-0.2, -0.15) is 5.26 Å². The molecule has 1 N–H and O–H groups in total.